The maximum Gasteiger partial charge on any atom is 0.107 e. The van der Waals surface area contributed by atoms with Crippen molar-refractivity contribution in [2.75, 3.05) is 0 Å². The minimum Gasteiger partial charge on any atom is -0.326 e. The fraction of sp³-hybridized carbons (Fsp3) is 0.235. The zero-order valence-electron chi connectivity index (χ0n) is 12.1. The third-order valence-electron chi connectivity index (χ3n) is 3.76. The normalized spacial score (nSPS) is 14.3. The van der Waals surface area contributed by atoms with E-state index in [2.05, 4.69) is 55.8 Å². The molecule has 1 heterocycles. The van der Waals surface area contributed by atoms with Crippen LogP contribution in [-0.2, 0) is 0 Å². The van der Waals surface area contributed by atoms with Crippen molar-refractivity contribution in [2.24, 2.45) is 5.73 Å². The molecule has 0 fully saturated rings. The summed E-state index contributed by atoms with van der Waals surface area (Å²) in [4.78, 5) is 4.66. The van der Waals surface area contributed by atoms with Gasteiger partial charge in [-0.25, -0.2) is 4.98 Å². The molecular weight excluding hydrogens is 326 g/mol. The fourth-order valence-corrected chi connectivity index (χ4v) is 3.13. The van der Waals surface area contributed by atoms with E-state index in [1.807, 2.05) is 32.0 Å². The Bertz CT molecular complexity index is 759. The van der Waals surface area contributed by atoms with E-state index < -0.39 is 0 Å². The SMILES string of the molecule is Cc1nc2ccccc2n1C(c1ccc(Br)cc1)C(C)N. The first-order valence-electron chi connectivity index (χ1n) is 7.02. The van der Waals surface area contributed by atoms with Gasteiger partial charge in [0, 0.05) is 10.5 Å². The number of fused-ring (bicyclic) bond motifs is 1. The fourth-order valence-electron chi connectivity index (χ4n) is 2.86. The quantitative estimate of drug-likeness (QED) is 0.779. The minimum atomic E-state index is -0.0116. The molecule has 1 aromatic heterocycles. The number of imidazole rings is 1. The van der Waals surface area contributed by atoms with Crippen LogP contribution in [0.2, 0.25) is 0 Å². The van der Waals surface area contributed by atoms with Crippen LogP contribution in [0.5, 0.6) is 0 Å². The lowest BCUT2D eigenvalue weighted by molar-refractivity contribution is 0.497. The van der Waals surface area contributed by atoms with Gasteiger partial charge in [0.1, 0.15) is 5.82 Å². The molecule has 0 bridgehead atoms. The predicted octanol–water partition coefficient (Wildman–Crippen LogP) is 4.04. The van der Waals surface area contributed by atoms with Gasteiger partial charge in [0.25, 0.3) is 0 Å². The second kappa shape index (κ2) is 5.62. The molecule has 2 N–H and O–H groups in total. The third-order valence-corrected chi connectivity index (χ3v) is 4.29. The second-order valence-electron chi connectivity index (χ2n) is 5.37. The molecule has 0 amide bonds. The van der Waals surface area contributed by atoms with Crippen LogP contribution < -0.4 is 5.73 Å². The van der Waals surface area contributed by atoms with Crippen LogP contribution in [0.25, 0.3) is 11.0 Å². The van der Waals surface area contributed by atoms with Crippen molar-refractivity contribution in [1.82, 2.24) is 9.55 Å². The Morgan fingerprint density at radius 2 is 1.76 bits per heavy atom. The van der Waals surface area contributed by atoms with Crippen molar-refractivity contribution in [3.8, 4) is 0 Å². The highest BCUT2D eigenvalue weighted by atomic mass is 79.9. The maximum atomic E-state index is 6.30. The summed E-state index contributed by atoms with van der Waals surface area (Å²) in [5.74, 6) is 0.987. The van der Waals surface area contributed by atoms with Gasteiger partial charge in [-0.15, -0.1) is 0 Å². The van der Waals surface area contributed by atoms with Crippen LogP contribution in [-0.4, -0.2) is 15.6 Å². The van der Waals surface area contributed by atoms with Crippen LogP contribution in [0, 0.1) is 6.92 Å². The van der Waals surface area contributed by atoms with E-state index in [1.165, 1.54) is 5.56 Å². The molecule has 0 aliphatic carbocycles. The summed E-state index contributed by atoms with van der Waals surface area (Å²) >= 11 is 3.48. The molecular formula is C17H18BrN3. The van der Waals surface area contributed by atoms with Crippen LogP contribution in [0.1, 0.15) is 24.4 Å². The molecule has 3 aromatic rings. The molecule has 3 rings (SSSR count). The van der Waals surface area contributed by atoms with Crippen LogP contribution in [0.15, 0.2) is 53.0 Å². The molecule has 0 aliphatic rings. The van der Waals surface area contributed by atoms with Gasteiger partial charge in [0.2, 0.25) is 0 Å². The molecule has 0 radical (unpaired) electrons. The number of hydrogen-bond acceptors (Lipinski definition) is 2. The van der Waals surface area contributed by atoms with Gasteiger partial charge in [-0.05, 0) is 43.7 Å². The summed E-state index contributed by atoms with van der Waals surface area (Å²) in [6.45, 7) is 4.08. The highest BCUT2D eigenvalue weighted by Crippen LogP contribution is 2.28. The highest BCUT2D eigenvalue weighted by molar-refractivity contribution is 9.10. The number of benzene rings is 2. The number of nitrogens with two attached hydrogens (primary N) is 1. The molecule has 3 nitrogen and oxygen atoms in total. The molecule has 0 saturated heterocycles. The van der Waals surface area contributed by atoms with Crippen molar-refractivity contribution in [2.45, 2.75) is 25.9 Å². The zero-order valence-corrected chi connectivity index (χ0v) is 13.7. The van der Waals surface area contributed by atoms with Gasteiger partial charge in [0.05, 0.1) is 17.1 Å². The van der Waals surface area contributed by atoms with Gasteiger partial charge >= 0.3 is 0 Å². The van der Waals surface area contributed by atoms with Gasteiger partial charge in [-0.1, -0.05) is 40.2 Å². The number of halogens is 1. The largest absolute Gasteiger partial charge is 0.326 e. The highest BCUT2D eigenvalue weighted by Gasteiger charge is 2.22. The molecule has 0 saturated carbocycles. The predicted molar refractivity (Wildman–Crippen MR) is 90.4 cm³/mol. The van der Waals surface area contributed by atoms with E-state index in [0.29, 0.717) is 0 Å². The summed E-state index contributed by atoms with van der Waals surface area (Å²) in [5.41, 5.74) is 9.63. The molecule has 108 valence electrons. The summed E-state index contributed by atoms with van der Waals surface area (Å²) in [6, 6.07) is 16.6. The van der Waals surface area contributed by atoms with Crippen molar-refractivity contribution in [3.63, 3.8) is 0 Å². The monoisotopic (exact) mass is 343 g/mol. The topological polar surface area (TPSA) is 43.8 Å². The van der Waals surface area contributed by atoms with E-state index >= 15 is 0 Å². The van der Waals surface area contributed by atoms with E-state index in [4.69, 9.17) is 5.73 Å². The number of rotatable bonds is 3. The number of hydrogen-bond donors (Lipinski definition) is 1. The van der Waals surface area contributed by atoms with Crippen molar-refractivity contribution >= 4 is 27.0 Å². The number of nitrogens with zero attached hydrogens (tertiary/aromatic N) is 2. The third kappa shape index (κ3) is 2.61. The Balaban J connectivity index is 2.20. The summed E-state index contributed by atoms with van der Waals surface area (Å²) in [5, 5.41) is 0. The zero-order chi connectivity index (χ0) is 15.0. The lowest BCUT2D eigenvalue weighted by Gasteiger charge is -2.25. The summed E-state index contributed by atoms with van der Waals surface area (Å²) in [6.07, 6.45) is 0. The smallest absolute Gasteiger partial charge is 0.107 e. The molecule has 0 aliphatic heterocycles. The first kappa shape index (κ1) is 14.3. The van der Waals surface area contributed by atoms with Crippen molar-refractivity contribution in [3.05, 3.63) is 64.4 Å². The molecule has 0 spiro atoms. The molecule has 2 atom stereocenters. The lowest BCUT2D eigenvalue weighted by atomic mass is 10.0. The van der Waals surface area contributed by atoms with E-state index in [9.17, 15) is 0 Å². The Morgan fingerprint density at radius 3 is 2.43 bits per heavy atom. The number of aromatic nitrogens is 2. The van der Waals surface area contributed by atoms with Gasteiger partial charge in [0.15, 0.2) is 0 Å². The van der Waals surface area contributed by atoms with E-state index in [0.717, 1.165) is 21.3 Å². The lowest BCUT2D eigenvalue weighted by Crippen LogP contribution is -2.30. The molecule has 21 heavy (non-hydrogen) atoms. The number of aryl methyl sites for hydroxylation is 1. The average molecular weight is 344 g/mol. The molecule has 2 unspecified atom stereocenters. The Morgan fingerprint density at radius 1 is 1.10 bits per heavy atom. The standard InChI is InChI=1S/C17H18BrN3/c1-11(19)17(13-7-9-14(18)10-8-13)21-12(2)20-15-5-3-4-6-16(15)21/h3-11,17H,19H2,1-2H3. The molecule has 4 heteroatoms. The molecule has 2 aromatic carbocycles. The second-order valence-corrected chi connectivity index (χ2v) is 6.29. The number of para-hydroxylation sites is 2. The van der Waals surface area contributed by atoms with Crippen LogP contribution in [0.4, 0.5) is 0 Å². The van der Waals surface area contributed by atoms with Gasteiger partial charge in [-0.2, -0.15) is 0 Å². The first-order valence-corrected chi connectivity index (χ1v) is 7.82. The van der Waals surface area contributed by atoms with Crippen LogP contribution in [0.3, 0.4) is 0 Å². The minimum absolute atomic E-state index is 0.0116. The summed E-state index contributed by atoms with van der Waals surface area (Å²) < 4.78 is 3.31. The van der Waals surface area contributed by atoms with E-state index in [1.54, 1.807) is 0 Å². The van der Waals surface area contributed by atoms with Crippen molar-refractivity contribution in [1.29, 1.82) is 0 Å². The van der Waals surface area contributed by atoms with Crippen LogP contribution >= 0.6 is 15.9 Å². The van der Waals surface area contributed by atoms with Crippen molar-refractivity contribution < 1.29 is 0 Å². The Kier molecular flexibility index (Phi) is 3.83. The summed E-state index contributed by atoms with van der Waals surface area (Å²) in [7, 11) is 0. The van der Waals surface area contributed by atoms with E-state index in [-0.39, 0.29) is 12.1 Å². The van der Waals surface area contributed by atoms with Gasteiger partial charge < -0.3 is 10.3 Å². The maximum absolute atomic E-state index is 6.30. The van der Waals surface area contributed by atoms with Gasteiger partial charge in [-0.3, -0.25) is 0 Å². The Hall–Kier alpha value is -1.65. The average Bonchev–Trinajstić information content (AvgIpc) is 2.78. The first-order chi connectivity index (χ1) is 10.1. The Labute approximate surface area is 132 Å².